The van der Waals surface area contributed by atoms with Crippen LogP contribution in [0.1, 0.15) is 39.2 Å². The van der Waals surface area contributed by atoms with Crippen molar-refractivity contribution >= 4 is 22.6 Å². The van der Waals surface area contributed by atoms with E-state index >= 15 is 0 Å². The van der Waals surface area contributed by atoms with Crippen LogP contribution in [-0.4, -0.2) is 21.8 Å². The highest BCUT2D eigenvalue weighted by Crippen LogP contribution is 2.25. The van der Waals surface area contributed by atoms with Gasteiger partial charge < -0.3 is 16.6 Å². The number of rotatable bonds is 5. The van der Waals surface area contributed by atoms with Crippen LogP contribution < -0.4 is 22.4 Å². The Bertz CT molecular complexity index is 718. The third kappa shape index (κ3) is 4.55. The predicted molar refractivity (Wildman–Crippen MR) is 99.3 cm³/mol. The van der Waals surface area contributed by atoms with Crippen molar-refractivity contribution in [3.8, 4) is 0 Å². The fraction of sp³-hybridized carbons (Fsp3) is 0.471. The number of hydrazone groups is 1. The fourth-order valence-electron chi connectivity index (χ4n) is 2.53. The van der Waals surface area contributed by atoms with E-state index in [1.54, 1.807) is 6.33 Å². The van der Waals surface area contributed by atoms with Gasteiger partial charge in [-0.3, -0.25) is 0 Å². The molecule has 0 saturated carbocycles. The Morgan fingerprint density at radius 3 is 2.67 bits per heavy atom. The molecule has 1 aromatic carbocycles. The molecule has 1 heterocycles. The standard InChI is InChI=1S/C17H27N7/c1-11-5-6-12-14(9-11)20-10-21-15(12)22-13(16(23-18)24-19)7-8-17(2,3)4/h5-6,9-10,13H,7-8,18-19H2,1-4H3,(H,23,24)(H,20,21,22). The molecule has 130 valence electrons. The normalized spacial score (nSPS) is 13.8. The molecule has 6 N–H and O–H groups in total. The number of anilines is 1. The van der Waals surface area contributed by atoms with E-state index in [1.165, 1.54) is 0 Å². The average Bonchev–Trinajstić information content (AvgIpc) is 2.52. The Morgan fingerprint density at radius 1 is 1.29 bits per heavy atom. The molecule has 0 saturated heterocycles. The number of benzene rings is 1. The number of aryl methyl sites for hydroxylation is 1. The summed E-state index contributed by atoms with van der Waals surface area (Å²) in [4.78, 5) is 8.72. The van der Waals surface area contributed by atoms with E-state index in [0.717, 1.165) is 35.1 Å². The van der Waals surface area contributed by atoms with Crippen LogP contribution in [0.2, 0.25) is 0 Å². The van der Waals surface area contributed by atoms with Crippen LogP contribution in [0.5, 0.6) is 0 Å². The van der Waals surface area contributed by atoms with Crippen molar-refractivity contribution in [3.63, 3.8) is 0 Å². The van der Waals surface area contributed by atoms with E-state index in [9.17, 15) is 0 Å². The number of nitrogens with one attached hydrogen (secondary N) is 2. The summed E-state index contributed by atoms with van der Waals surface area (Å²) in [6.07, 6.45) is 3.36. The van der Waals surface area contributed by atoms with Gasteiger partial charge in [-0.2, -0.15) is 5.10 Å². The molecule has 2 aromatic rings. The Balaban J connectivity index is 2.32. The van der Waals surface area contributed by atoms with Crippen LogP contribution in [0.15, 0.2) is 29.6 Å². The molecule has 0 aliphatic heterocycles. The number of hydrogen-bond donors (Lipinski definition) is 4. The SMILES string of the molecule is Cc1ccc2c(NC(CCC(C)(C)C)/C(=N/N)NN)ncnc2c1. The van der Waals surface area contributed by atoms with Crippen molar-refractivity contribution < 1.29 is 0 Å². The molecule has 2 rings (SSSR count). The zero-order chi connectivity index (χ0) is 17.7. The second-order valence-corrected chi connectivity index (χ2v) is 7.20. The molecule has 1 aromatic heterocycles. The summed E-state index contributed by atoms with van der Waals surface area (Å²) in [6, 6.07) is 5.94. The van der Waals surface area contributed by atoms with Crippen LogP contribution in [0.4, 0.5) is 5.82 Å². The molecule has 0 spiro atoms. The molecule has 0 aliphatic carbocycles. The lowest BCUT2D eigenvalue weighted by Gasteiger charge is -2.25. The first-order valence-corrected chi connectivity index (χ1v) is 8.06. The highest BCUT2D eigenvalue weighted by atomic mass is 15.3. The smallest absolute Gasteiger partial charge is 0.158 e. The summed E-state index contributed by atoms with van der Waals surface area (Å²) in [7, 11) is 0. The quantitative estimate of drug-likeness (QED) is 0.290. The minimum absolute atomic E-state index is 0.154. The minimum atomic E-state index is -0.154. The Labute approximate surface area is 142 Å². The van der Waals surface area contributed by atoms with Gasteiger partial charge in [0.05, 0.1) is 11.6 Å². The van der Waals surface area contributed by atoms with E-state index < -0.39 is 0 Å². The van der Waals surface area contributed by atoms with Crippen molar-refractivity contribution in [2.75, 3.05) is 5.32 Å². The third-order valence-electron chi connectivity index (χ3n) is 3.90. The van der Waals surface area contributed by atoms with E-state index in [1.807, 2.05) is 25.1 Å². The molecule has 7 heteroatoms. The summed E-state index contributed by atoms with van der Waals surface area (Å²) in [6.45, 7) is 8.63. The summed E-state index contributed by atoms with van der Waals surface area (Å²) < 4.78 is 0. The Kier molecular flexibility index (Phi) is 5.56. The van der Waals surface area contributed by atoms with Crippen molar-refractivity contribution in [2.45, 2.75) is 46.6 Å². The van der Waals surface area contributed by atoms with Crippen LogP contribution in [-0.2, 0) is 0 Å². The van der Waals surface area contributed by atoms with Gasteiger partial charge in [0.2, 0.25) is 0 Å². The number of aromatic nitrogens is 2. The van der Waals surface area contributed by atoms with Gasteiger partial charge in [0.15, 0.2) is 5.84 Å². The largest absolute Gasteiger partial charge is 0.359 e. The molecule has 0 radical (unpaired) electrons. The van der Waals surface area contributed by atoms with Gasteiger partial charge in [-0.15, -0.1) is 0 Å². The number of nitrogens with two attached hydrogens (primary N) is 2. The number of fused-ring (bicyclic) bond motifs is 1. The molecule has 0 bridgehead atoms. The summed E-state index contributed by atoms with van der Waals surface area (Å²) in [5.74, 6) is 12.3. The molecule has 7 nitrogen and oxygen atoms in total. The first-order valence-electron chi connectivity index (χ1n) is 8.06. The van der Waals surface area contributed by atoms with Crippen molar-refractivity contribution in [2.24, 2.45) is 22.2 Å². The monoisotopic (exact) mass is 329 g/mol. The van der Waals surface area contributed by atoms with E-state index in [4.69, 9.17) is 11.7 Å². The molecule has 0 amide bonds. The van der Waals surface area contributed by atoms with Crippen molar-refractivity contribution in [3.05, 3.63) is 30.1 Å². The molecule has 1 atom stereocenters. The first kappa shape index (κ1) is 17.9. The maximum atomic E-state index is 5.58. The topological polar surface area (TPSA) is 114 Å². The highest BCUT2D eigenvalue weighted by Gasteiger charge is 2.21. The van der Waals surface area contributed by atoms with Gasteiger partial charge in [-0.05, 0) is 42.9 Å². The first-order chi connectivity index (χ1) is 11.3. The van der Waals surface area contributed by atoms with Crippen LogP contribution in [0.25, 0.3) is 10.9 Å². The molecule has 24 heavy (non-hydrogen) atoms. The zero-order valence-corrected chi connectivity index (χ0v) is 14.8. The second kappa shape index (κ2) is 7.44. The molecule has 1 unspecified atom stereocenters. The number of hydrazine groups is 1. The Hall–Kier alpha value is -2.41. The summed E-state index contributed by atoms with van der Waals surface area (Å²) in [5.41, 5.74) is 4.83. The lowest BCUT2D eigenvalue weighted by molar-refractivity contribution is 0.363. The average molecular weight is 329 g/mol. The summed E-state index contributed by atoms with van der Waals surface area (Å²) in [5, 5.41) is 8.14. The van der Waals surface area contributed by atoms with Crippen LogP contribution in [0.3, 0.4) is 0 Å². The Morgan fingerprint density at radius 2 is 2.04 bits per heavy atom. The van der Waals surface area contributed by atoms with Gasteiger partial charge in [0.25, 0.3) is 0 Å². The van der Waals surface area contributed by atoms with Crippen molar-refractivity contribution in [1.82, 2.24) is 15.4 Å². The maximum absolute atomic E-state index is 5.58. The van der Waals surface area contributed by atoms with Gasteiger partial charge >= 0.3 is 0 Å². The van der Waals surface area contributed by atoms with Crippen LogP contribution >= 0.6 is 0 Å². The number of nitrogens with zero attached hydrogens (tertiary/aromatic N) is 3. The van der Waals surface area contributed by atoms with Gasteiger partial charge in [0, 0.05) is 5.39 Å². The molecule has 0 aliphatic rings. The maximum Gasteiger partial charge on any atom is 0.158 e. The highest BCUT2D eigenvalue weighted by molar-refractivity contribution is 5.93. The lowest BCUT2D eigenvalue weighted by atomic mass is 9.88. The molecular formula is C17H27N7. The fourth-order valence-corrected chi connectivity index (χ4v) is 2.53. The predicted octanol–water partition coefficient (Wildman–Crippen LogP) is 2.28. The van der Waals surface area contributed by atoms with Crippen molar-refractivity contribution in [1.29, 1.82) is 0 Å². The molecular weight excluding hydrogens is 302 g/mol. The number of amidine groups is 1. The third-order valence-corrected chi connectivity index (χ3v) is 3.90. The molecule has 0 fully saturated rings. The van der Waals surface area contributed by atoms with E-state index in [0.29, 0.717) is 5.84 Å². The van der Waals surface area contributed by atoms with Gasteiger partial charge in [-0.25, -0.2) is 15.8 Å². The van der Waals surface area contributed by atoms with E-state index in [-0.39, 0.29) is 11.5 Å². The van der Waals surface area contributed by atoms with Gasteiger partial charge in [0.1, 0.15) is 12.1 Å². The minimum Gasteiger partial charge on any atom is -0.359 e. The van der Waals surface area contributed by atoms with Crippen LogP contribution in [0, 0.1) is 12.3 Å². The van der Waals surface area contributed by atoms with Gasteiger partial charge in [-0.1, -0.05) is 26.8 Å². The van der Waals surface area contributed by atoms with E-state index in [2.05, 4.69) is 46.6 Å². The zero-order valence-electron chi connectivity index (χ0n) is 14.8. The lowest BCUT2D eigenvalue weighted by Crippen LogP contribution is -2.44. The second-order valence-electron chi connectivity index (χ2n) is 7.20. The summed E-state index contributed by atoms with van der Waals surface area (Å²) >= 11 is 0. The number of hydrogen-bond acceptors (Lipinski definition) is 6.